The number of aromatic nitrogens is 3. The van der Waals surface area contributed by atoms with Gasteiger partial charge in [-0.25, -0.2) is 0 Å². The Morgan fingerprint density at radius 3 is 2.86 bits per heavy atom. The Labute approximate surface area is 133 Å². The molecule has 0 aliphatic carbocycles. The third-order valence-electron chi connectivity index (χ3n) is 4.24. The summed E-state index contributed by atoms with van der Waals surface area (Å²) in [4.78, 5) is 2.29. The van der Waals surface area contributed by atoms with Crippen molar-refractivity contribution in [3.05, 3.63) is 36.0 Å². The summed E-state index contributed by atoms with van der Waals surface area (Å²) in [6, 6.07) is 8.38. The van der Waals surface area contributed by atoms with Crippen molar-refractivity contribution in [1.82, 2.24) is 14.8 Å². The third-order valence-corrected chi connectivity index (χ3v) is 4.99. The molecule has 1 aliphatic heterocycles. The number of anilines is 1. The van der Waals surface area contributed by atoms with Crippen LogP contribution < -0.4 is 9.64 Å². The van der Waals surface area contributed by atoms with Crippen LogP contribution in [0.15, 0.2) is 36.0 Å². The number of fused-ring (bicyclic) bond motifs is 1. The third kappa shape index (κ3) is 2.43. The molecule has 3 heterocycles. The molecular weight excluding hydrogens is 296 g/mol. The van der Waals surface area contributed by atoms with E-state index in [1.165, 1.54) is 10.9 Å². The van der Waals surface area contributed by atoms with Gasteiger partial charge in [-0.1, -0.05) is 17.4 Å². The number of rotatable bonds is 3. The molecule has 0 spiro atoms. The van der Waals surface area contributed by atoms with Crippen molar-refractivity contribution >= 4 is 27.4 Å². The summed E-state index contributed by atoms with van der Waals surface area (Å²) >= 11 is 1.60. The minimum atomic E-state index is 0.273. The van der Waals surface area contributed by atoms with Gasteiger partial charge in [0.1, 0.15) is 17.4 Å². The predicted molar refractivity (Wildman–Crippen MR) is 88.7 cm³/mol. The first kappa shape index (κ1) is 13.6. The summed E-state index contributed by atoms with van der Waals surface area (Å²) in [5.74, 6) is 0.993. The van der Waals surface area contributed by atoms with Gasteiger partial charge in [0.2, 0.25) is 5.13 Å². The molecule has 1 fully saturated rings. The van der Waals surface area contributed by atoms with E-state index >= 15 is 0 Å². The summed E-state index contributed by atoms with van der Waals surface area (Å²) in [5, 5.41) is 10.3. The molecule has 2 aromatic heterocycles. The lowest BCUT2D eigenvalue weighted by Crippen LogP contribution is -2.38. The Balaban J connectivity index is 1.46. The summed E-state index contributed by atoms with van der Waals surface area (Å²) in [6.45, 7) is 1.95. The van der Waals surface area contributed by atoms with E-state index in [0.29, 0.717) is 0 Å². The molecule has 0 N–H and O–H groups in total. The SMILES string of the molecule is Cn1ccc2c(OC3CCN(c4nncs4)CC3)cccc21. The van der Waals surface area contributed by atoms with Crippen LogP contribution in [0.5, 0.6) is 5.75 Å². The van der Waals surface area contributed by atoms with Gasteiger partial charge in [0.25, 0.3) is 0 Å². The zero-order valence-electron chi connectivity index (χ0n) is 12.5. The normalized spacial score (nSPS) is 16.3. The van der Waals surface area contributed by atoms with Crippen molar-refractivity contribution in [2.45, 2.75) is 18.9 Å². The first-order chi connectivity index (χ1) is 10.8. The number of ether oxygens (including phenoxy) is 1. The first-order valence-corrected chi connectivity index (χ1v) is 8.41. The summed E-state index contributed by atoms with van der Waals surface area (Å²) < 4.78 is 8.40. The highest BCUT2D eigenvalue weighted by molar-refractivity contribution is 7.13. The van der Waals surface area contributed by atoms with Gasteiger partial charge in [0.15, 0.2) is 0 Å². The van der Waals surface area contributed by atoms with Crippen molar-refractivity contribution in [3.8, 4) is 5.75 Å². The lowest BCUT2D eigenvalue weighted by molar-refractivity contribution is 0.173. The Bertz CT molecular complexity index is 760. The van der Waals surface area contributed by atoms with Crippen LogP contribution in [0.2, 0.25) is 0 Å². The van der Waals surface area contributed by atoms with Crippen molar-refractivity contribution < 1.29 is 4.74 Å². The van der Waals surface area contributed by atoms with Gasteiger partial charge in [-0.2, -0.15) is 0 Å². The zero-order valence-corrected chi connectivity index (χ0v) is 13.3. The van der Waals surface area contributed by atoms with Crippen molar-refractivity contribution in [2.75, 3.05) is 18.0 Å². The summed E-state index contributed by atoms with van der Waals surface area (Å²) in [6.07, 6.45) is 4.39. The van der Waals surface area contributed by atoms with Crippen LogP contribution in [0.1, 0.15) is 12.8 Å². The first-order valence-electron chi connectivity index (χ1n) is 7.53. The van der Waals surface area contributed by atoms with E-state index in [9.17, 15) is 0 Å². The fraction of sp³-hybridized carbons (Fsp3) is 0.375. The average molecular weight is 314 g/mol. The average Bonchev–Trinajstić information content (AvgIpc) is 3.19. The lowest BCUT2D eigenvalue weighted by Gasteiger charge is -2.31. The molecule has 0 atom stereocenters. The minimum Gasteiger partial charge on any atom is -0.490 e. The molecule has 1 aromatic carbocycles. The maximum atomic E-state index is 6.27. The minimum absolute atomic E-state index is 0.273. The van der Waals surface area contributed by atoms with E-state index in [-0.39, 0.29) is 6.10 Å². The summed E-state index contributed by atoms with van der Waals surface area (Å²) in [5.41, 5.74) is 3.00. The molecule has 0 saturated carbocycles. The Kier molecular flexibility index (Phi) is 3.46. The van der Waals surface area contributed by atoms with Crippen LogP contribution in [0.25, 0.3) is 10.9 Å². The van der Waals surface area contributed by atoms with Gasteiger partial charge < -0.3 is 14.2 Å². The van der Waals surface area contributed by atoms with Crippen LogP contribution in [-0.4, -0.2) is 34.0 Å². The predicted octanol–water partition coefficient (Wildman–Crippen LogP) is 3.08. The van der Waals surface area contributed by atoms with Crippen molar-refractivity contribution in [2.24, 2.45) is 7.05 Å². The smallest absolute Gasteiger partial charge is 0.208 e. The largest absolute Gasteiger partial charge is 0.490 e. The standard InChI is InChI=1S/C16H18N4OS/c1-19-8-7-13-14(19)3-2-4-15(13)21-12-5-9-20(10-6-12)16-18-17-11-22-16/h2-4,7-8,11-12H,5-6,9-10H2,1H3. The molecule has 0 unspecified atom stereocenters. The van der Waals surface area contributed by atoms with Gasteiger partial charge in [0, 0.05) is 44.6 Å². The maximum Gasteiger partial charge on any atom is 0.208 e. The van der Waals surface area contributed by atoms with Crippen LogP contribution >= 0.6 is 11.3 Å². The second-order valence-corrected chi connectivity index (χ2v) is 6.45. The van der Waals surface area contributed by atoms with Crippen LogP contribution in [-0.2, 0) is 7.05 Å². The van der Waals surface area contributed by atoms with Gasteiger partial charge in [-0.15, -0.1) is 10.2 Å². The molecule has 1 aliphatic rings. The highest BCUT2D eigenvalue weighted by Crippen LogP contribution is 2.29. The monoisotopic (exact) mass is 314 g/mol. The highest BCUT2D eigenvalue weighted by atomic mass is 32.1. The van der Waals surface area contributed by atoms with Gasteiger partial charge >= 0.3 is 0 Å². The van der Waals surface area contributed by atoms with E-state index in [0.717, 1.165) is 36.8 Å². The zero-order chi connectivity index (χ0) is 14.9. The number of benzene rings is 1. The quantitative estimate of drug-likeness (QED) is 0.745. The Hall–Kier alpha value is -2.08. The maximum absolute atomic E-state index is 6.27. The molecule has 0 radical (unpaired) electrons. The molecule has 4 rings (SSSR count). The molecule has 22 heavy (non-hydrogen) atoms. The Morgan fingerprint density at radius 1 is 1.23 bits per heavy atom. The summed E-state index contributed by atoms with van der Waals surface area (Å²) in [7, 11) is 2.06. The van der Waals surface area contributed by atoms with Crippen molar-refractivity contribution in [3.63, 3.8) is 0 Å². The molecule has 1 saturated heterocycles. The van der Waals surface area contributed by atoms with E-state index in [1.54, 1.807) is 16.8 Å². The molecular formula is C16H18N4OS. The van der Waals surface area contributed by atoms with Gasteiger partial charge in [0.05, 0.1) is 5.52 Å². The second kappa shape index (κ2) is 5.61. The molecule has 0 bridgehead atoms. The fourth-order valence-electron chi connectivity index (χ4n) is 3.03. The van der Waals surface area contributed by atoms with E-state index in [1.807, 2.05) is 0 Å². The van der Waals surface area contributed by atoms with Gasteiger partial charge in [-0.05, 0) is 18.2 Å². The molecule has 0 amide bonds. The highest BCUT2D eigenvalue weighted by Gasteiger charge is 2.22. The van der Waals surface area contributed by atoms with Crippen LogP contribution in [0.4, 0.5) is 5.13 Å². The molecule has 3 aromatic rings. The molecule has 5 nitrogen and oxygen atoms in total. The van der Waals surface area contributed by atoms with Crippen LogP contribution in [0, 0.1) is 0 Å². The number of nitrogens with zero attached hydrogens (tertiary/aromatic N) is 4. The van der Waals surface area contributed by atoms with E-state index in [2.05, 4.69) is 57.2 Å². The Morgan fingerprint density at radius 2 is 2.09 bits per heavy atom. The van der Waals surface area contributed by atoms with E-state index < -0.39 is 0 Å². The molecule has 114 valence electrons. The molecule has 6 heteroatoms. The number of hydrogen-bond donors (Lipinski definition) is 0. The van der Waals surface area contributed by atoms with Crippen LogP contribution in [0.3, 0.4) is 0 Å². The number of hydrogen-bond acceptors (Lipinski definition) is 5. The lowest BCUT2D eigenvalue weighted by atomic mass is 10.1. The number of piperidine rings is 1. The van der Waals surface area contributed by atoms with Gasteiger partial charge in [-0.3, -0.25) is 0 Å². The fourth-order valence-corrected chi connectivity index (χ4v) is 3.64. The topological polar surface area (TPSA) is 43.2 Å². The second-order valence-electron chi connectivity index (χ2n) is 5.64. The van der Waals surface area contributed by atoms with Crippen molar-refractivity contribution in [1.29, 1.82) is 0 Å². The number of aryl methyl sites for hydroxylation is 1. The van der Waals surface area contributed by atoms with E-state index in [4.69, 9.17) is 4.74 Å².